The number of H-pyrrole nitrogens is 3. The molecule has 3 N–H and O–H groups in total. The fourth-order valence-electron chi connectivity index (χ4n) is 1.72. The minimum absolute atomic E-state index is 0.802. The molecule has 0 saturated heterocycles. The predicted molar refractivity (Wildman–Crippen MR) is 90.1 cm³/mol. The van der Waals surface area contributed by atoms with E-state index in [2.05, 4.69) is 36.4 Å². The molecule has 0 radical (unpaired) electrons. The topological polar surface area (TPSA) is 98.6 Å². The van der Waals surface area contributed by atoms with Crippen LogP contribution in [0, 0.1) is 0 Å². The van der Waals surface area contributed by atoms with Gasteiger partial charge in [-0.2, -0.15) is 0 Å². The second-order valence-corrected chi connectivity index (χ2v) is 4.52. The molecule has 1 aromatic heterocycles. The van der Waals surface area contributed by atoms with Crippen LogP contribution in [0.4, 0.5) is 0 Å². The Morgan fingerprint density at radius 3 is 1.13 bits per heavy atom. The lowest BCUT2D eigenvalue weighted by Gasteiger charge is -1.92. The van der Waals surface area contributed by atoms with Crippen molar-refractivity contribution in [1.29, 1.82) is 0 Å². The minimum atomic E-state index is -0.802. The van der Waals surface area contributed by atoms with Crippen molar-refractivity contribution in [2.45, 2.75) is 0 Å². The number of rotatable bonds is 2. The molecule has 0 atom stereocenters. The maximum Gasteiger partial charge on any atom is 0.330 e. The highest BCUT2D eigenvalue weighted by atomic mass is 16.2. The van der Waals surface area contributed by atoms with Crippen molar-refractivity contribution in [3.63, 3.8) is 0 Å². The molecule has 0 aliphatic carbocycles. The molecular weight excluding hydrogens is 294 g/mol. The standard InChI is InChI=1S/C14H12.C3H3N3O3/c1-3-7-13(8-4-1)11-12-14-9-5-2-6-10-14;7-1-4-2(8)6-3(9)5-1/h1-12H;(H3,4,5,6,7,8,9). The van der Waals surface area contributed by atoms with E-state index in [0.717, 1.165) is 0 Å². The number of benzene rings is 2. The van der Waals surface area contributed by atoms with Crippen LogP contribution >= 0.6 is 0 Å². The average molecular weight is 309 g/mol. The lowest BCUT2D eigenvalue weighted by atomic mass is 10.1. The van der Waals surface area contributed by atoms with E-state index in [1.165, 1.54) is 11.1 Å². The molecule has 6 heteroatoms. The summed E-state index contributed by atoms with van der Waals surface area (Å²) in [5.74, 6) is 0. The van der Waals surface area contributed by atoms with Crippen LogP contribution in [0.5, 0.6) is 0 Å². The van der Waals surface area contributed by atoms with Crippen molar-refractivity contribution in [2.75, 3.05) is 0 Å². The molecule has 0 spiro atoms. The van der Waals surface area contributed by atoms with E-state index in [4.69, 9.17) is 0 Å². The van der Waals surface area contributed by atoms with Crippen molar-refractivity contribution in [1.82, 2.24) is 15.0 Å². The number of hydrogen-bond donors (Lipinski definition) is 3. The molecule has 0 saturated carbocycles. The van der Waals surface area contributed by atoms with Crippen LogP contribution in [0.25, 0.3) is 12.2 Å². The Kier molecular flexibility index (Phi) is 5.65. The van der Waals surface area contributed by atoms with Gasteiger partial charge in [0.15, 0.2) is 0 Å². The molecule has 0 fully saturated rings. The first-order valence-electron chi connectivity index (χ1n) is 6.84. The normalized spacial score (nSPS) is 10.1. The third-order valence-corrected chi connectivity index (χ3v) is 2.75. The van der Waals surface area contributed by atoms with Crippen LogP contribution in [0.1, 0.15) is 11.1 Å². The third-order valence-electron chi connectivity index (χ3n) is 2.75. The monoisotopic (exact) mass is 309 g/mol. The van der Waals surface area contributed by atoms with Crippen LogP contribution in [0.15, 0.2) is 75.0 Å². The first-order chi connectivity index (χ1) is 11.1. The van der Waals surface area contributed by atoms with Crippen molar-refractivity contribution >= 4 is 12.2 Å². The first kappa shape index (κ1) is 16.0. The predicted octanol–water partition coefficient (Wildman–Crippen LogP) is 1.61. The summed E-state index contributed by atoms with van der Waals surface area (Å²) in [6, 6.07) is 20.6. The summed E-state index contributed by atoms with van der Waals surface area (Å²) in [7, 11) is 0. The molecule has 1 heterocycles. The Balaban J connectivity index is 0.000000185. The Morgan fingerprint density at radius 2 is 0.826 bits per heavy atom. The quantitative estimate of drug-likeness (QED) is 0.627. The van der Waals surface area contributed by atoms with Gasteiger partial charge in [0.2, 0.25) is 0 Å². The van der Waals surface area contributed by atoms with Crippen LogP contribution < -0.4 is 17.1 Å². The second-order valence-electron chi connectivity index (χ2n) is 4.52. The summed E-state index contributed by atoms with van der Waals surface area (Å²) in [4.78, 5) is 35.9. The van der Waals surface area contributed by atoms with Gasteiger partial charge in [-0.25, -0.2) is 14.4 Å². The Bertz CT molecular complexity index is 803. The molecule has 3 rings (SSSR count). The van der Waals surface area contributed by atoms with Crippen LogP contribution in [0.2, 0.25) is 0 Å². The van der Waals surface area contributed by atoms with E-state index in [1.54, 1.807) is 15.0 Å². The van der Waals surface area contributed by atoms with Gasteiger partial charge in [-0.3, -0.25) is 15.0 Å². The van der Waals surface area contributed by atoms with E-state index in [0.29, 0.717) is 0 Å². The fourth-order valence-corrected chi connectivity index (χ4v) is 1.72. The Hall–Kier alpha value is -3.41. The zero-order chi connectivity index (χ0) is 16.5. The van der Waals surface area contributed by atoms with Gasteiger partial charge in [-0.05, 0) is 11.1 Å². The van der Waals surface area contributed by atoms with E-state index >= 15 is 0 Å². The van der Waals surface area contributed by atoms with Gasteiger partial charge in [0.25, 0.3) is 0 Å². The number of nitrogens with one attached hydrogen (secondary N) is 3. The fraction of sp³-hybridized carbons (Fsp3) is 0. The van der Waals surface area contributed by atoms with Gasteiger partial charge >= 0.3 is 17.1 Å². The van der Waals surface area contributed by atoms with Crippen molar-refractivity contribution in [3.8, 4) is 0 Å². The first-order valence-corrected chi connectivity index (χ1v) is 6.84. The zero-order valence-corrected chi connectivity index (χ0v) is 12.2. The maximum absolute atomic E-state index is 10.2. The summed E-state index contributed by atoms with van der Waals surface area (Å²) >= 11 is 0. The summed E-state index contributed by atoms with van der Waals surface area (Å²) in [6.07, 6.45) is 4.24. The van der Waals surface area contributed by atoms with Crippen LogP contribution in [0.3, 0.4) is 0 Å². The number of aromatic nitrogens is 3. The minimum Gasteiger partial charge on any atom is -0.259 e. The van der Waals surface area contributed by atoms with E-state index < -0.39 is 17.1 Å². The SMILES string of the molecule is C(=Cc1ccccc1)c1ccccc1.O=c1[nH]c(=O)[nH]c(=O)[nH]1. The molecule has 2 aromatic carbocycles. The average Bonchev–Trinajstić information content (AvgIpc) is 2.54. The second kappa shape index (κ2) is 8.14. The third kappa shape index (κ3) is 5.84. The summed E-state index contributed by atoms with van der Waals surface area (Å²) < 4.78 is 0. The Labute approximate surface area is 131 Å². The molecule has 116 valence electrons. The highest BCUT2D eigenvalue weighted by Gasteiger charge is 1.85. The smallest absolute Gasteiger partial charge is 0.259 e. The molecule has 0 aliphatic heterocycles. The van der Waals surface area contributed by atoms with E-state index in [-0.39, 0.29) is 0 Å². The van der Waals surface area contributed by atoms with Gasteiger partial charge in [-0.1, -0.05) is 72.8 Å². The summed E-state index contributed by atoms with van der Waals surface area (Å²) in [6.45, 7) is 0. The molecule has 0 aliphatic rings. The lowest BCUT2D eigenvalue weighted by molar-refractivity contribution is 0.888. The highest BCUT2D eigenvalue weighted by Crippen LogP contribution is 2.06. The van der Waals surface area contributed by atoms with Gasteiger partial charge < -0.3 is 0 Å². The van der Waals surface area contributed by atoms with Gasteiger partial charge in [-0.15, -0.1) is 0 Å². The molecule has 6 nitrogen and oxygen atoms in total. The van der Waals surface area contributed by atoms with Crippen LogP contribution in [-0.4, -0.2) is 15.0 Å². The van der Waals surface area contributed by atoms with E-state index in [1.807, 2.05) is 36.4 Å². The summed E-state index contributed by atoms with van der Waals surface area (Å²) in [5, 5.41) is 0. The van der Waals surface area contributed by atoms with Gasteiger partial charge in [0.05, 0.1) is 0 Å². The number of hydrogen-bond acceptors (Lipinski definition) is 3. The van der Waals surface area contributed by atoms with Crippen molar-refractivity contribution in [3.05, 3.63) is 103 Å². The summed E-state index contributed by atoms with van der Waals surface area (Å²) in [5.41, 5.74) is 0.0592. The molecular formula is C17H15N3O3. The molecule has 0 unspecified atom stereocenters. The van der Waals surface area contributed by atoms with E-state index in [9.17, 15) is 14.4 Å². The Morgan fingerprint density at radius 1 is 0.522 bits per heavy atom. The van der Waals surface area contributed by atoms with Crippen LogP contribution in [-0.2, 0) is 0 Å². The van der Waals surface area contributed by atoms with Gasteiger partial charge in [0, 0.05) is 0 Å². The lowest BCUT2D eigenvalue weighted by Crippen LogP contribution is -2.34. The molecule has 0 bridgehead atoms. The molecule has 0 amide bonds. The molecule has 23 heavy (non-hydrogen) atoms. The van der Waals surface area contributed by atoms with Crippen molar-refractivity contribution < 1.29 is 0 Å². The number of aromatic amines is 3. The zero-order valence-electron chi connectivity index (χ0n) is 12.2. The van der Waals surface area contributed by atoms with Crippen molar-refractivity contribution in [2.24, 2.45) is 0 Å². The largest absolute Gasteiger partial charge is 0.330 e. The molecule has 3 aromatic rings. The van der Waals surface area contributed by atoms with Gasteiger partial charge in [0.1, 0.15) is 0 Å². The highest BCUT2D eigenvalue weighted by molar-refractivity contribution is 5.69. The maximum atomic E-state index is 10.2.